The van der Waals surface area contributed by atoms with Gasteiger partial charge in [-0.3, -0.25) is 14.0 Å². The Labute approximate surface area is 154 Å². The largest absolute Gasteiger partial charge is 0.350 e. The molecule has 3 aromatic rings. The van der Waals surface area contributed by atoms with E-state index in [0.29, 0.717) is 18.5 Å². The molecule has 1 atom stereocenters. The first-order valence-electron chi connectivity index (χ1n) is 8.77. The van der Waals surface area contributed by atoms with E-state index in [4.69, 9.17) is 0 Å². The molecule has 1 aliphatic rings. The predicted octanol–water partition coefficient (Wildman–Crippen LogP) is 1.26. The zero-order valence-corrected chi connectivity index (χ0v) is 14.8. The average Bonchev–Trinajstić information content (AvgIpc) is 2.97. The van der Waals surface area contributed by atoms with Crippen LogP contribution >= 0.6 is 0 Å². The molecule has 0 spiro atoms. The lowest BCUT2D eigenvalue weighted by Crippen LogP contribution is -2.34. The van der Waals surface area contributed by atoms with Crippen LogP contribution in [-0.2, 0) is 22.6 Å². The quantitative estimate of drug-likeness (QED) is 0.727. The maximum Gasteiger partial charge on any atom is 0.350 e. The summed E-state index contributed by atoms with van der Waals surface area (Å²) in [6.45, 7) is 1.74. The molecule has 1 aliphatic heterocycles. The van der Waals surface area contributed by atoms with E-state index >= 15 is 0 Å². The number of amides is 2. The van der Waals surface area contributed by atoms with Crippen molar-refractivity contribution >= 4 is 23.1 Å². The fraction of sp³-hybridized carbons (Fsp3) is 0.263. The Morgan fingerprint density at radius 3 is 2.93 bits per heavy atom. The van der Waals surface area contributed by atoms with Gasteiger partial charge in [0, 0.05) is 18.3 Å². The van der Waals surface area contributed by atoms with Gasteiger partial charge in [0.05, 0.1) is 6.04 Å². The highest BCUT2D eigenvalue weighted by Gasteiger charge is 2.18. The van der Waals surface area contributed by atoms with Crippen LogP contribution in [0, 0.1) is 0 Å². The Kier molecular flexibility index (Phi) is 4.23. The second kappa shape index (κ2) is 6.71. The number of aryl methyl sites for hydroxylation is 1. The second-order valence-corrected chi connectivity index (χ2v) is 6.62. The van der Waals surface area contributed by atoms with E-state index in [1.807, 2.05) is 25.1 Å². The molecule has 0 saturated carbocycles. The summed E-state index contributed by atoms with van der Waals surface area (Å²) in [7, 11) is 0. The number of carbonyl (C=O) groups is 2. The third-order valence-corrected chi connectivity index (χ3v) is 4.68. The molecule has 1 aromatic carbocycles. The van der Waals surface area contributed by atoms with Crippen LogP contribution in [0.5, 0.6) is 0 Å². The van der Waals surface area contributed by atoms with Crippen molar-refractivity contribution in [1.82, 2.24) is 19.5 Å². The van der Waals surface area contributed by atoms with E-state index in [2.05, 4.69) is 15.7 Å². The molecule has 8 heteroatoms. The zero-order valence-electron chi connectivity index (χ0n) is 14.8. The molecule has 0 saturated heterocycles. The van der Waals surface area contributed by atoms with E-state index in [1.54, 1.807) is 24.4 Å². The minimum atomic E-state index is -0.349. The first kappa shape index (κ1) is 17.0. The lowest BCUT2D eigenvalue weighted by Gasteiger charge is -2.20. The van der Waals surface area contributed by atoms with E-state index in [1.165, 1.54) is 4.40 Å². The van der Waals surface area contributed by atoms with Gasteiger partial charge in [0.25, 0.3) is 0 Å². The topological polar surface area (TPSA) is 97.5 Å². The van der Waals surface area contributed by atoms with Crippen molar-refractivity contribution in [3.63, 3.8) is 0 Å². The van der Waals surface area contributed by atoms with Crippen LogP contribution in [0.15, 0.2) is 47.4 Å². The Balaban J connectivity index is 1.47. The molecule has 2 amide bonds. The van der Waals surface area contributed by atoms with Gasteiger partial charge in [-0.2, -0.15) is 0 Å². The summed E-state index contributed by atoms with van der Waals surface area (Å²) in [5, 5.41) is 9.90. The summed E-state index contributed by atoms with van der Waals surface area (Å²) in [6, 6.07) is 10.7. The number of nitrogens with one attached hydrogen (secondary N) is 2. The van der Waals surface area contributed by atoms with Crippen molar-refractivity contribution in [2.75, 3.05) is 5.32 Å². The van der Waals surface area contributed by atoms with Crippen LogP contribution in [-0.4, -0.2) is 26.0 Å². The van der Waals surface area contributed by atoms with Crippen LogP contribution in [0.1, 0.15) is 30.5 Å². The zero-order chi connectivity index (χ0) is 19.0. The number of nitrogens with zero attached hydrogens (tertiary/aromatic N) is 3. The molecule has 8 nitrogen and oxygen atoms in total. The SMILES string of the molecule is CC(NC(=O)Cn1nc2ccccn2c1=O)c1ccc2c(c1)CCC(=O)N2. The lowest BCUT2D eigenvalue weighted by atomic mass is 9.98. The van der Waals surface area contributed by atoms with Crippen LogP contribution in [0.4, 0.5) is 5.69 Å². The van der Waals surface area contributed by atoms with Crippen LogP contribution in [0.25, 0.3) is 5.65 Å². The maximum atomic E-state index is 12.4. The number of benzene rings is 1. The van der Waals surface area contributed by atoms with Gasteiger partial charge in [-0.15, -0.1) is 5.10 Å². The number of hydrogen-bond donors (Lipinski definition) is 2. The standard InChI is InChI=1S/C19H19N5O3/c1-12(13-5-7-15-14(10-13)6-8-17(25)21-15)20-18(26)11-24-19(27)23-9-3-2-4-16(23)22-24/h2-5,7,9-10,12H,6,8,11H2,1H3,(H,20,26)(H,21,25). The summed E-state index contributed by atoms with van der Waals surface area (Å²) >= 11 is 0. The highest BCUT2D eigenvalue weighted by Crippen LogP contribution is 2.26. The van der Waals surface area contributed by atoms with Gasteiger partial charge in [0.1, 0.15) is 6.54 Å². The van der Waals surface area contributed by atoms with Gasteiger partial charge in [0.2, 0.25) is 11.8 Å². The third kappa shape index (κ3) is 3.33. The van der Waals surface area contributed by atoms with Crippen LogP contribution < -0.4 is 16.3 Å². The minimum absolute atomic E-state index is 0.0227. The van der Waals surface area contributed by atoms with Gasteiger partial charge >= 0.3 is 5.69 Å². The predicted molar refractivity (Wildman–Crippen MR) is 99.4 cm³/mol. The molecule has 0 fully saturated rings. The van der Waals surface area contributed by atoms with Crippen molar-refractivity contribution in [3.8, 4) is 0 Å². The molecule has 0 bridgehead atoms. The molecule has 0 aliphatic carbocycles. The molecule has 1 unspecified atom stereocenters. The molecular weight excluding hydrogens is 346 g/mol. The molecule has 27 heavy (non-hydrogen) atoms. The summed E-state index contributed by atoms with van der Waals surface area (Å²) in [5.41, 5.74) is 2.98. The van der Waals surface area contributed by atoms with Crippen LogP contribution in [0.2, 0.25) is 0 Å². The second-order valence-electron chi connectivity index (χ2n) is 6.62. The molecule has 4 rings (SSSR count). The van der Waals surface area contributed by atoms with Gasteiger partial charge in [-0.1, -0.05) is 18.2 Å². The lowest BCUT2D eigenvalue weighted by molar-refractivity contribution is -0.122. The molecule has 2 aromatic heterocycles. The first-order valence-corrected chi connectivity index (χ1v) is 8.77. The van der Waals surface area contributed by atoms with E-state index in [0.717, 1.165) is 21.5 Å². The maximum absolute atomic E-state index is 12.4. The van der Waals surface area contributed by atoms with Gasteiger partial charge < -0.3 is 10.6 Å². The number of aromatic nitrogens is 3. The van der Waals surface area contributed by atoms with Crippen molar-refractivity contribution in [2.24, 2.45) is 0 Å². The first-order chi connectivity index (χ1) is 13.0. The average molecular weight is 365 g/mol. The van der Waals surface area contributed by atoms with Gasteiger partial charge in [0.15, 0.2) is 5.65 Å². The molecular formula is C19H19N5O3. The normalized spacial score (nSPS) is 14.5. The van der Waals surface area contributed by atoms with Crippen LogP contribution in [0.3, 0.4) is 0 Å². The van der Waals surface area contributed by atoms with E-state index < -0.39 is 0 Å². The van der Waals surface area contributed by atoms with Crippen molar-refractivity contribution in [2.45, 2.75) is 32.4 Å². The molecule has 2 N–H and O–H groups in total. The van der Waals surface area contributed by atoms with Gasteiger partial charge in [-0.05, 0) is 42.7 Å². The number of carbonyl (C=O) groups excluding carboxylic acids is 2. The summed E-state index contributed by atoms with van der Waals surface area (Å²) in [5.74, 6) is -0.270. The number of pyridine rings is 1. The Morgan fingerprint density at radius 1 is 1.26 bits per heavy atom. The summed E-state index contributed by atoms with van der Waals surface area (Å²) < 4.78 is 2.55. The third-order valence-electron chi connectivity index (χ3n) is 4.68. The number of rotatable bonds is 4. The number of fused-ring (bicyclic) bond motifs is 2. The smallest absolute Gasteiger partial charge is 0.348 e. The Morgan fingerprint density at radius 2 is 2.11 bits per heavy atom. The monoisotopic (exact) mass is 365 g/mol. The fourth-order valence-corrected chi connectivity index (χ4v) is 3.25. The van der Waals surface area contributed by atoms with E-state index in [9.17, 15) is 14.4 Å². The Bertz CT molecular complexity index is 1100. The van der Waals surface area contributed by atoms with Crippen molar-refractivity contribution < 1.29 is 9.59 Å². The molecule has 138 valence electrons. The molecule has 3 heterocycles. The summed E-state index contributed by atoms with van der Waals surface area (Å²) in [4.78, 5) is 36.1. The Hall–Kier alpha value is -3.42. The number of hydrogen-bond acceptors (Lipinski definition) is 4. The number of anilines is 1. The highest BCUT2D eigenvalue weighted by molar-refractivity contribution is 5.93. The molecule has 0 radical (unpaired) electrons. The van der Waals surface area contributed by atoms with Crippen molar-refractivity contribution in [1.29, 1.82) is 0 Å². The van der Waals surface area contributed by atoms with E-state index in [-0.39, 0.29) is 30.1 Å². The fourth-order valence-electron chi connectivity index (χ4n) is 3.25. The highest BCUT2D eigenvalue weighted by atomic mass is 16.2. The minimum Gasteiger partial charge on any atom is -0.348 e. The van der Waals surface area contributed by atoms with Gasteiger partial charge in [-0.25, -0.2) is 9.48 Å². The summed E-state index contributed by atoms with van der Waals surface area (Å²) in [6.07, 6.45) is 2.77. The van der Waals surface area contributed by atoms with Crippen molar-refractivity contribution in [3.05, 3.63) is 64.2 Å².